The number of hydrogen-bond donors (Lipinski definition) is 3. The molecule has 0 radical (unpaired) electrons. The molecule has 5 heteroatoms. The molecule has 0 spiro atoms. The number of hydrogen-bond acceptors (Lipinski definition) is 2. The summed E-state index contributed by atoms with van der Waals surface area (Å²) in [5, 5.41) is 13.8. The van der Waals surface area contributed by atoms with Gasteiger partial charge < -0.3 is 15.7 Å². The number of nitrogens with one attached hydrogen (secondary N) is 2. The fraction of sp³-hybridized carbons (Fsp3) is 0.600. The standard InChI is InChI=1S/C10H14N2O3/c1-2-3-4-7-11-9(15)12-10(5-6-10)8(13)14/h1H,3-7H2,(H,13,14)(H2,11,12,15). The molecule has 0 aromatic heterocycles. The second-order valence-electron chi connectivity index (χ2n) is 3.58. The third kappa shape index (κ3) is 3.17. The Morgan fingerprint density at radius 1 is 1.47 bits per heavy atom. The average molecular weight is 210 g/mol. The first-order valence-electron chi connectivity index (χ1n) is 4.83. The maximum Gasteiger partial charge on any atom is 0.329 e. The van der Waals surface area contributed by atoms with Crippen LogP contribution in [-0.2, 0) is 4.79 Å². The van der Waals surface area contributed by atoms with Crippen LogP contribution in [0.5, 0.6) is 0 Å². The number of carboxylic acid groups (broad SMARTS) is 1. The van der Waals surface area contributed by atoms with Crippen molar-refractivity contribution in [2.45, 2.75) is 31.2 Å². The van der Waals surface area contributed by atoms with Gasteiger partial charge in [-0.1, -0.05) is 0 Å². The van der Waals surface area contributed by atoms with Crippen LogP contribution in [0.1, 0.15) is 25.7 Å². The van der Waals surface area contributed by atoms with Gasteiger partial charge in [-0.05, 0) is 19.3 Å². The molecule has 2 amide bonds. The van der Waals surface area contributed by atoms with E-state index in [1.54, 1.807) is 0 Å². The molecule has 1 rings (SSSR count). The van der Waals surface area contributed by atoms with E-state index >= 15 is 0 Å². The number of terminal acetylenes is 1. The maximum atomic E-state index is 11.2. The number of amides is 2. The van der Waals surface area contributed by atoms with Gasteiger partial charge in [-0.15, -0.1) is 12.3 Å². The first kappa shape index (κ1) is 11.4. The van der Waals surface area contributed by atoms with E-state index in [9.17, 15) is 9.59 Å². The predicted octanol–water partition coefficient (Wildman–Crippen LogP) is 0.316. The molecule has 1 saturated carbocycles. The summed E-state index contributed by atoms with van der Waals surface area (Å²) in [5.74, 6) is 1.48. The minimum absolute atomic E-state index is 0.438. The Hall–Kier alpha value is -1.70. The van der Waals surface area contributed by atoms with Gasteiger partial charge in [0, 0.05) is 13.0 Å². The molecule has 0 unspecified atom stereocenters. The van der Waals surface area contributed by atoms with Crippen molar-refractivity contribution in [1.82, 2.24) is 10.6 Å². The molecule has 1 aliphatic carbocycles. The molecular formula is C10H14N2O3. The smallest absolute Gasteiger partial charge is 0.329 e. The van der Waals surface area contributed by atoms with Gasteiger partial charge in [0.1, 0.15) is 5.54 Å². The Labute approximate surface area is 88.2 Å². The topological polar surface area (TPSA) is 78.4 Å². The summed E-state index contributed by atoms with van der Waals surface area (Å²) in [5.41, 5.74) is -1.02. The second kappa shape index (κ2) is 4.69. The van der Waals surface area contributed by atoms with Crippen LogP contribution in [0.25, 0.3) is 0 Å². The van der Waals surface area contributed by atoms with Gasteiger partial charge in [0.15, 0.2) is 0 Å². The van der Waals surface area contributed by atoms with Gasteiger partial charge in [0.2, 0.25) is 0 Å². The number of carboxylic acids is 1. The highest BCUT2D eigenvalue weighted by Crippen LogP contribution is 2.35. The Balaban J connectivity index is 2.20. The van der Waals surface area contributed by atoms with Crippen LogP contribution < -0.4 is 10.6 Å². The minimum atomic E-state index is -1.02. The lowest BCUT2D eigenvalue weighted by Gasteiger charge is -2.12. The van der Waals surface area contributed by atoms with Gasteiger partial charge in [-0.3, -0.25) is 0 Å². The van der Waals surface area contributed by atoms with E-state index in [0.717, 1.165) is 0 Å². The molecule has 0 saturated heterocycles. The Bertz CT molecular complexity index is 302. The average Bonchev–Trinajstić information content (AvgIpc) is 2.93. The quantitative estimate of drug-likeness (QED) is 0.451. The molecule has 1 aliphatic rings. The first-order chi connectivity index (χ1) is 7.10. The number of carbonyl (C=O) groups is 2. The summed E-state index contributed by atoms with van der Waals surface area (Å²) in [7, 11) is 0. The fourth-order valence-corrected chi connectivity index (χ4v) is 1.17. The van der Waals surface area contributed by atoms with E-state index in [2.05, 4.69) is 16.6 Å². The zero-order valence-corrected chi connectivity index (χ0v) is 8.38. The highest BCUT2D eigenvalue weighted by atomic mass is 16.4. The summed E-state index contributed by atoms with van der Waals surface area (Å²) in [6, 6.07) is -0.438. The molecule has 0 aliphatic heterocycles. The first-order valence-corrected chi connectivity index (χ1v) is 4.83. The zero-order chi connectivity index (χ0) is 11.3. The largest absolute Gasteiger partial charge is 0.480 e. The third-order valence-electron chi connectivity index (χ3n) is 2.30. The summed E-state index contributed by atoms with van der Waals surface area (Å²) >= 11 is 0. The summed E-state index contributed by atoms with van der Waals surface area (Å²) in [6.07, 6.45) is 7.34. The number of unbranched alkanes of at least 4 members (excludes halogenated alkanes) is 1. The van der Waals surface area contributed by atoms with Crippen molar-refractivity contribution in [3.63, 3.8) is 0 Å². The monoisotopic (exact) mass is 210 g/mol. The highest BCUT2D eigenvalue weighted by Gasteiger charge is 2.51. The molecule has 0 bridgehead atoms. The lowest BCUT2D eigenvalue weighted by Crippen LogP contribution is -2.48. The van der Waals surface area contributed by atoms with Gasteiger partial charge in [0.05, 0.1) is 0 Å². The van der Waals surface area contributed by atoms with Crippen molar-refractivity contribution in [2.24, 2.45) is 0 Å². The lowest BCUT2D eigenvalue weighted by molar-refractivity contribution is -0.140. The molecule has 3 N–H and O–H groups in total. The van der Waals surface area contributed by atoms with Crippen molar-refractivity contribution in [2.75, 3.05) is 6.54 Å². The number of rotatable bonds is 5. The fourth-order valence-electron chi connectivity index (χ4n) is 1.17. The SMILES string of the molecule is C#CCCCNC(=O)NC1(C(=O)O)CC1. The highest BCUT2D eigenvalue weighted by molar-refractivity contribution is 5.88. The minimum Gasteiger partial charge on any atom is -0.480 e. The molecule has 0 atom stereocenters. The molecule has 0 aromatic rings. The van der Waals surface area contributed by atoms with E-state index in [0.29, 0.717) is 32.2 Å². The van der Waals surface area contributed by atoms with Crippen molar-refractivity contribution in [3.8, 4) is 12.3 Å². The third-order valence-corrected chi connectivity index (χ3v) is 2.30. The van der Waals surface area contributed by atoms with Crippen LogP contribution in [0, 0.1) is 12.3 Å². The lowest BCUT2D eigenvalue weighted by atomic mass is 10.3. The molecule has 0 aromatic carbocycles. The summed E-state index contributed by atoms with van der Waals surface area (Å²) in [6.45, 7) is 0.464. The molecule has 0 heterocycles. The normalized spacial score (nSPS) is 16.2. The molecular weight excluding hydrogens is 196 g/mol. The maximum absolute atomic E-state index is 11.2. The van der Waals surface area contributed by atoms with Gasteiger partial charge >= 0.3 is 12.0 Å². The van der Waals surface area contributed by atoms with Crippen molar-refractivity contribution in [1.29, 1.82) is 0 Å². The van der Waals surface area contributed by atoms with Gasteiger partial charge in [-0.2, -0.15) is 0 Å². The molecule has 82 valence electrons. The van der Waals surface area contributed by atoms with E-state index < -0.39 is 17.5 Å². The van der Waals surface area contributed by atoms with Crippen molar-refractivity contribution in [3.05, 3.63) is 0 Å². The van der Waals surface area contributed by atoms with E-state index in [4.69, 9.17) is 11.5 Å². The molecule has 15 heavy (non-hydrogen) atoms. The Kier molecular flexibility index (Phi) is 3.56. The zero-order valence-electron chi connectivity index (χ0n) is 8.38. The van der Waals surface area contributed by atoms with Gasteiger partial charge in [-0.25, -0.2) is 9.59 Å². The van der Waals surface area contributed by atoms with Crippen molar-refractivity contribution >= 4 is 12.0 Å². The molecule has 1 fully saturated rings. The predicted molar refractivity (Wildman–Crippen MR) is 54.2 cm³/mol. The van der Waals surface area contributed by atoms with Crippen molar-refractivity contribution < 1.29 is 14.7 Å². The van der Waals surface area contributed by atoms with Gasteiger partial charge in [0.25, 0.3) is 0 Å². The van der Waals surface area contributed by atoms with Crippen LogP contribution in [0.2, 0.25) is 0 Å². The Morgan fingerprint density at radius 3 is 2.60 bits per heavy atom. The number of carbonyl (C=O) groups excluding carboxylic acids is 1. The van der Waals surface area contributed by atoms with Crippen LogP contribution in [0.15, 0.2) is 0 Å². The van der Waals surface area contributed by atoms with Crippen LogP contribution >= 0.6 is 0 Å². The summed E-state index contributed by atoms with van der Waals surface area (Å²) in [4.78, 5) is 22.0. The Morgan fingerprint density at radius 2 is 2.13 bits per heavy atom. The van der Waals surface area contributed by atoms with Crippen LogP contribution in [0.4, 0.5) is 4.79 Å². The second-order valence-corrected chi connectivity index (χ2v) is 3.58. The summed E-state index contributed by atoms with van der Waals surface area (Å²) < 4.78 is 0. The van der Waals surface area contributed by atoms with Crippen LogP contribution in [0.3, 0.4) is 0 Å². The van der Waals surface area contributed by atoms with E-state index in [1.807, 2.05) is 0 Å². The van der Waals surface area contributed by atoms with E-state index in [1.165, 1.54) is 0 Å². The number of urea groups is 1. The number of aliphatic carboxylic acids is 1. The molecule has 5 nitrogen and oxygen atoms in total. The van der Waals surface area contributed by atoms with E-state index in [-0.39, 0.29) is 0 Å². The van der Waals surface area contributed by atoms with Crippen LogP contribution in [-0.4, -0.2) is 29.2 Å².